The van der Waals surface area contributed by atoms with Gasteiger partial charge in [-0.15, -0.1) is 0 Å². The molecule has 2 aliphatic heterocycles. The third kappa shape index (κ3) is 22.8. The highest BCUT2D eigenvalue weighted by Gasteiger charge is 2.42. The van der Waals surface area contributed by atoms with Crippen LogP contribution in [0.2, 0.25) is 0 Å². The van der Waals surface area contributed by atoms with E-state index in [0.29, 0.717) is 62.6 Å². The maximum absolute atomic E-state index is 13.4. The highest BCUT2D eigenvalue weighted by atomic mass is 32.2. The molecule has 2 saturated heterocycles. The number of carbonyl (C=O) groups is 10. The van der Waals surface area contributed by atoms with Crippen molar-refractivity contribution in [3.63, 3.8) is 0 Å². The summed E-state index contributed by atoms with van der Waals surface area (Å²) in [4.78, 5) is 124. The normalized spacial score (nSPS) is 18.1. The summed E-state index contributed by atoms with van der Waals surface area (Å²) in [5.74, 6) is -5.57. The molecule has 6 unspecified atom stereocenters. The number of amides is 9. The number of urea groups is 1. The van der Waals surface area contributed by atoms with E-state index in [1.54, 1.807) is 13.8 Å². The lowest BCUT2D eigenvalue weighted by Gasteiger charge is -2.27. The van der Waals surface area contributed by atoms with E-state index in [-0.39, 0.29) is 49.2 Å². The van der Waals surface area contributed by atoms with Crippen molar-refractivity contribution in [1.29, 1.82) is 0 Å². The molecule has 7 atom stereocenters. The number of likely N-dealkylation sites (N-methyl/N-ethyl adjacent to an activating group) is 1. The molecule has 11 N–H and O–H groups in total. The smallest absolute Gasteiger partial charge is 0.315 e. The average molecular weight is 958 g/mol. The number of fused-ring (bicyclic) bond motifs is 1. The zero-order valence-electron chi connectivity index (χ0n) is 38.1. The topological polar surface area (TPSA) is 319 Å². The van der Waals surface area contributed by atoms with Crippen LogP contribution in [0.4, 0.5) is 4.79 Å². The van der Waals surface area contributed by atoms with Crippen molar-refractivity contribution in [1.82, 2.24) is 47.9 Å². The van der Waals surface area contributed by atoms with Crippen molar-refractivity contribution in [2.24, 2.45) is 5.92 Å². The highest BCUT2D eigenvalue weighted by molar-refractivity contribution is 8.00. The summed E-state index contributed by atoms with van der Waals surface area (Å²) in [5, 5.41) is 43.2. The Labute approximate surface area is 389 Å². The number of hydrogen-bond donors (Lipinski definition) is 11. The number of nitrogens with one attached hydrogen (secondary N) is 9. The van der Waals surface area contributed by atoms with Crippen LogP contribution in [-0.4, -0.2) is 149 Å². The van der Waals surface area contributed by atoms with Crippen LogP contribution in [0.3, 0.4) is 0 Å². The molecule has 0 spiro atoms. The Balaban J connectivity index is 1.69. The summed E-state index contributed by atoms with van der Waals surface area (Å²) >= 11 is 3.30. The number of thioether (sulfide) groups is 2. The van der Waals surface area contributed by atoms with E-state index in [4.69, 9.17) is 0 Å². The SMILES string of the molecule is CNC(=O)C(CCSC)NC(=O)C(CC(=O)O)NC(=O)C(NC(=O)C(CCC(=O)O)NC(=O)CCCCCNC(=O)CCCCCNC(=O)CCCC[C@H]1SCC2NC(=O)NC21)C(C)C. The Kier molecular flexibility index (Phi) is 27.0. The van der Waals surface area contributed by atoms with Gasteiger partial charge < -0.3 is 58.1 Å². The fourth-order valence-electron chi connectivity index (χ4n) is 7.27. The minimum atomic E-state index is -1.60. The van der Waals surface area contributed by atoms with Gasteiger partial charge in [0.1, 0.15) is 24.2 Å². The van der Waals surface area contributed by atoms with Gasteiger partial charge in [-0.25, -0.2) is 4.79 Å². The number of hydrogen-bond acceptors (Lipinski definition) is 12. The van der Waals surface area contributed by atoms with Crippen molar-refractivity contribution >= 4 is 82.8 Å². The predicted molar refractivity (Wildman–Crippen MR) is 246 cm³/mol. The summed E-state index contributed by atoms with van der Waals surface area (Å²) in [5.41, 5.74) is 0. The van der Waals surface area contributed by atoms with Gasteiger partial charge in [-0.1, -0.05) is 33.1 Å². The molecular weight excluding hydrogens is 887 g/mol. The molecule has 2 fully saturated rings. The number of unbranched alkanes of at least 4 members (excludes halogenated alkanes) is 5. The second-order valence-corrected chi connectivity index (χ2v) is 18.8. The lowest BCUT2D eigenvalue weighted by molar-refractivity contribution is -0.142. The maximum atomic E-state index is 13.4. The van der Waals surface area contributed by atoms with E-state index in [9.17, 15) is 58.2 Å². The second kappa shape index (κ2) is 31.2. The van der Waals surface area contributed by atoms with Crippen LogP contribution in [-0.2, 0) is 43.2 Å². The van der Waals surface area contributed by atoms with Gasteiger partial charge in [-0.2, -0.15) is 23.5 Å². The summed E-state index contributed by atoms with van der Waals surface area (Å²) in [6.07, 6.45) is 7.79. The molecule has 0 aromatic carbocycles. The summed E-state index contributed by atoms with van der Waals surface area (Å²) in [7, 11) is 1.38. The number of carbonyl (C=O) groups excluding carboxylic acids is 8. The Morgan fingerprint density at radius 2 is 1.23 bits per heavy atom. The summed E-state index contributed by atoms with van der Waals surface area (Å²) in [6.45, 7) is 4.14. The van der Waals surface area contributed by atoms with Crippen LogP contribution in [0.25, 0.3) is 0 Å². The number of aliphatic carboxylic acids is 2. The molecule has 23 heteroatoms. The molecule has 2 aliphatic rings. The van der Waals surface area contributed by atoms with Gasteiger partial charge in [0, 0.05) is 56.8 Å². The van der Waals surface area contributed by atoms with Crippen LogP contribution >= 0.6 is 23.5 Å². The van der Waals surface area contributed by atoms with E-state index in [2.05, 4.69) is 47.9 Å². The zero-order valence-corrected chi connectivity index (χ0v) is 39.7. The van der Waals surface area contributed by atoms with Gasteiger partial charge in [0.15, 0.2) is 0 Å². The average Bonchev–Trinajstić information content (AvgIpc) is 3.81. The molecule has 21 nitrogen and oxygen atoms in total. The molecule has 2 heterocycles. The van der Waals surface area contributed by atoms with Gasteiger partial charge in [0.25, 0.3) is 0 Å². The standard InChI is InChI=1S/C42H71N9O12S2/c1-25(2)36(41(62)48-28(23-35(57)58)40(61)47-27(19-22-64-4)38(59)43-3)50-39(60)26(17-18-34(55)56)46-33(54)16-8-6-12-21-44-31(52)14-7-5-11-20-45-32(53)15-10-9-13-30-37-29(24-65-30)49-42(63)51-37/h25-30,36-37H,5-24H2,1-4H3,(H,43,59)(H,44,52)(H,45,53)(H,46,54)(H,47,61)(H,48,62)(H,50,60)(H,55,56)(H,57,58)(H2,49,51,63)/t26?,27?,28?,29?,30-,36?,37?/m1/s1. The molecule has 0 aliphatic carbocycles. The molecule has 368 valence electrons. The first-order chi connectivity index (χ1) is 30.9. The highest BCUT2D eigenvalue weighted by Crippen LogP contribution is 2.33. The van der Waals surface area contributed by atoms with Gasteiger partial charge in [-0.05, 0) is 69.3 Å². The zero-order chi connectivity index (χ0) is 48.3. The Bertz CT molecular complexity index is 1620. The largest absolute Gasteiger partial charge is 0.481 e. The monoisotopic (exact) mass is 957 g/mol. The summed E-state index contributed by atoms with van der Waals surface area (Å²) < 4.78 is 0. The first kappa shape index (κ1) is 56.3. The Morgan fingerprint density at radius 3 is 1.80 bits per heavy atom. The second-order valence-electron chi connectivity index (χ2n) is 16.6. The van der Waals surface area contributed by atoms with Gasteiger partial charge in [0.05, 0.1) is 18.5 Å². The first-order valence-corrected chi connectivity index (χ1v) is 25.0. The third-order valence-electron chi connectivity index (χ3n) is 10.9. The number of carboxylic acids is 2. The van der Waals surface area contributed by atoms with Gasteiger partial charge >= 0.3 is 18.0 Å². The predicted octanol–water partition coefficient (Wildman–Crippen LogP) is 0.499. The van der Waals surface area contributed by atoms with Gasteiger partial charge in [0.2, 0.25) is 41.4 Å². The van der Waals surface area contributed by atoms with Crippen LogP contribution in [0.15, 0.2) is 0 Å². The fraction of sp³-hybridized carbons (Fsp3) is 0.762. The molecule has 0 bridgehead atoms. The van der Waals surface area contributed by atoms with E-state index in [1.807, 2.05) is 18.0 Å². The van der Waals surface area contributed by atoms with E-state index >= 15 is 0 Å². The molecule has 65 heavy (non-hydrogen) atoms. The lowest BCUT2D eigenvalue weighted by Crippen LogP contribution is -2.59. The van der Waals surface area contributed by atoms with Crippen molar-refractivity contribution in [3.05, 3.63) is 0 Å². The van der Waals surface area contributed by atoms with Gasteiger partial charge in [-0.3, -0.25) is 43.2 Å². The third-order valence-corrected chi connectivity index (χ3v) is 13.1. The van der Waals surface area contributed by atoms with Crippen LogP contribution < -0.4 is 47.9 Å². The molecule has 0 saturated carbocycles. The van der Waals surface area contributed by atoms with Crippen LogP contribution in [0.1, 0.15) is 117 Å². The lowest BCUT2D eigenvalue weighted by atomic mass is 10.0. The van der Waals surface area contributed by atoms with Crippen molar-refractivity contribution < 1.29 is 58.2 Å². The van der Waals surface area contributed by atoms with Crippen molar-refractivity contribution in [3.8, 4) is 0 Å². The van der Waals surface area contributed by atoms with Crippen molar-refractivity contribution in [2.45, 2.75) is 158 Å². The molecule has 0 radical (unpaired) electrons. The van der Waals surface area contributed by atoms with E-state index in [1.165, 1.54) is 18.8 Å². The fourth-order valence-corrected chi connectivity index (χ4v) is 9.28. The minimum absolute atomic E-state index is 0.00857. The molecule has 9 amide bonds. The van der Waals surface area contributed by atoms with Crippen LogP contribution in [0, 0.1) is 5.92 Å². The van der Waals surface area contributed by atoms with E-state index < -0.39 is 84.4 Å². The maximum Gasteiger partial charge on any atom is 0.315 e. The number of rotatable bonds is 34. The Hall–Kier alpha value is -4.80. The first-order valence-electron chi connectivity index (χ1n) is 22.5. The minimum Gasteiger partial charge on any atom is -0.481 e. The molecular formula is C42H71N9O12S2. The quantitative estimate of drug-likeness (QED) is 0.0309. The number of carboxylic acid groups (broad SMARTS) is 2. The summed E-state index contributed by atoms with van der Waals surface area (Å²) in [6, 6.07) is -4.96. The van der Waals surface area contributed by atoms with E-state index in [0.717, 1.165) is 37.9 Å². The van der Waals surface area contributed by atoms with Crippen LogP contribution in [0.5, 0.6) is 0 Å². The van der Waals surface area contributed by atoms with Crippen molar-refractivity contribution in [2.75, 3.05) is 37.9 Å². The Morgan fingerprint density at radius 1 is 0.662 bits per heavy atom. The molecule has 0 aromatic heterocycles. The molecule has 2 rings (SSSR count). The molecule has 0 aromatic rings.